The maximum Gasteiger partial charge on any atom is 0.240 e. The van der Waals surface area contributed by atoms with Crippen LogP contribution in [0.25, 0.3) is 22.0 Å². The van der Waals surface area contributed by atoms with Gasteiger partial charge in [0.15, 0.2) is 0 Å². The van der Waals surface area contributed by atoms with Gasteiger partial charge >= 0.3 is 0 Å². The molecule has 0 atom stereocenters. The van der Waals surface area contributed by atoms with Crippen molar-refractivity contribution in [2.75, 3.05) is 0 Å². The quantitative estimate of drug-likeness (QED) is 0.763. The molecule has 0 aliphatic heterocycles. The van der Waals surface area contributed by atoms with Crippen molar-refractivity contribution in [2.45, 2.75) is 4.90 Å². The van der Waals surface area contributed by atoms with E-state index in [1.54, 1.807) is 6.07 Å². The minimum absolute atomic E-state index is 0.0382. The predicted molar refractivity (Wildman–Crippen MR) is 75.0 cm³/mol. The molecule has 0 bridgehead atoms. The van der Waals surface area contributed by atoms with Gasteiger partial charge < -0.3 is 4.98 Å². The normalized spacial score (nSPS) is 12.0. The highest BCUT2D eigenvalue weighted by Gasteiger charge is 2.15. The van der Waals surface area contributed by atoms with Crippen LogP contribution in [0.3, 0.4) is 0 Å². The van der Waals surface area contributed by atoms with E-state index >= 15 is 0 Å². The van der Waals surface area contributed by atoms with Crippen LogP contribution in [0, 0.1) is 11.6 Å². The minimum Gasteiger partial charge on any atom is -0.360 e. The highest BCUT2D eigenvalue weighted by atomic mass is 32.2. The predicted octanol–water partition coefficient (Wildman–Crippen LogP) is 2.76. The van der Waals surface area contributed by atoms with Crippen molar-refractivity contribution in [1.29, 1.82) is 0 Å². The van der Waals surface area contributed by atoms with Gasteiger partial charge in [-0.2, -0.15) is 0 Å². The Balaban J connectivity index is 2.21. The Labute approximate surface area is 119 Å². The van der Waals surface area contributed by atoms with Crippen molar-refractivity contribution in [3.05, 3.63) is 54.2 Å². The van der Waals surface area contributed by atoms with E-state index < -0.39 is 21.7 Å². The maximum absolute atomic E-state index is 13.8. The fourth-order valence-corrected chi connectivity index (χ4v) is 2.93. The van der Waals surface area contributed by atoms with Crippen LogP contribution in [0.1, 0.15) is 0 Å². The van der Waals surface area contributed by atoms with Crippen molar-refractivity contribution in [2.24, 2.45) is 5.14 Å². The zero-order valence-electron chi connectivity index (χ0n) is 10.6. The average Bonchev–Trinajstić information content (AvgIpc) is 2.84. The van der Waals surface area contributed by atoms with Crippen molar-refractivity contribution < 1.29 is 17.2 Å². The van der Waals surface area contributed by atoms with Crippen LogP contribution in [-0.4, -0.2) is 13.4 Å². The number of nitrogens with two attached hydrogens (primary N) is 1. The first kappa shape index (κ1) is 13.7. The van der Waals surface area contributed by atoms with Crippen LogP contribution in [0.2, 0.25) is 0 Å². The molecule has 3 N–H and O–H groups in total. The number of rotatable bonds is 2. The Morgan fingerprint density at radius 1 is 1.05 bits per heavy atom. The molecule has 0 amide bonds. The van der Waals surface area contributed by atoms with E-state index in [1.165, 1.54) is 18.3 Å². The number of halogens is 2. The van der Waals surface area contributed by atoms with Crippen LogP contribution in [0.5, 0.6) is 0 Å². The molecule has 0 aliphatic rings. The van der Waals surface area contributed by atoms with Crippen LogP contribution < -0.4 is 5.14 Å². The fourth-order valence-electron chi connectivity index (χ4n) is 2.22. The van der Waals surface area contributed by atoms with Crippen LogP contribution in [-0.2, 0) is 10.0 Å². The first-order valence-corrected chi connectivity index (χ1v) is 7.50. The van der Waals surface area contributed by atoms with Gasteiger partial charge in [-0.1, -0.05) is 12.1 Å². The summed E-state index contributed by atoms with van der Waals surface area (Å²) >= 11 is 0. The summed E-state index contributed by atoms with van der Waals surface area (Å²) in [6, 6.07) is 7.72. The van der Waals surface area contributed by atoms with Gasteiger partial charge in [-0.15, -0.1) is 0 Å². The highest BCUT2D eigenvalue weighted by molar-refractivity contribution is 7.89. The Kier molecular flexibility index (Phi) is 3.03. The molecule has 21 heavy (non-hydrogen) atoms. The summed E-state index contributed by atoms with van der Waals surface area (Å²) in [5.41, 5.74) is 1.01. The maximum atomic E-state index is 13.8. The largest absolute Gasteiger partial charge is 0.360 e. The molecule has 0 fully saturated rings. The van der Waals surface area contributed by atoms with E-state index in [0.717, 1.165) is 18.2 Å². The second-order valence-corrected chi connectivity index (χ2v) is 6.11. The third-order valence-electron chi connectivity index (χ3n) is 3.19. The van der Waals surface area contributed by atoms with Crippen molar-refractivity contribution >= 4 is 20.9 Å². The number of fused-ring (bicyclic) bond motifs is 1. The minimum atomic E-state index is -3.84. The van der Waals surface area contributed by atoms with Gasteiger partial charge in [0.05, 0.1) is 0 Å². The molecule has 0 radical (unpaired) electrons. The number of H-pyrrole nitrogens is 1. The Morgan fingerprint density at radius 2 is 1.81 bits per heavy atom. The zero-order valence-corrected chi connectivity index (χ0v) is 11.4. The van der Waals surface area contributed by atoms with Gasteiger partial charge in [0.25, 0.3) is 0 Å². The molecule has 7 heteroatoms. The number of aromatic amines is 1. The summed E-state index contributed by atoms with van der Waals surface area (Å²) < 4.78 is 49.8. The summed E-state index contributed by atoms with van der Waals surface area (Å²) in [7, 11) is -3.84. The number of aromatic nitrogens is 1. The molecule has 0 saturated heterocycles. The van der Waals surface area contributed by atoms with Gasteiger partial charge in [-0.25, -0.2) is 22.3 Å². The van der Waals surface area contributed by atoms with Crippen molar-refractivity contribution in [3.8, 4) is 11.1 Å². The lowest BCUT2D eigenvalue weighted by atomic mass is 10.0. The molecule has 1 heterocycles. The molecule has 3 aromatic rings. The third kappa shape index (κ3) is 2.41. The summed E-state index contributed by atoms with van der Waals surface area (Å²) in [5, 5.41) is 5.50. The lowest BCUT2D eigenvalue weighted by Crippen LogP contribution is -2.11. The topological polar surface area (TPSA) is 76.0 Å². The number of nitrogens with one attached hydrogen (secondary N) is 1. The van der Waals surface area contributed by atoms with Gasteiger partial charge in [0.1, 0.15) is 16.5 Å². The fraction of sp³-hybridized carbons (Fsp3) is 0. The van der Waals surface area contributed by atoms with Crippen LogP contribution in [0.15, 0.2) is 47.5 Å². The number of benzene rings is 2. The van der Waals surface area contributed by atoms with E-state index in [0.29, 0.717) is 16.5 Å². The Bertz CT molecular complexity index is 949. The third-order valence-corrected chi connectivity index (χ3v) is 4.14. The molecule has 0 spiro atoms. The average molecular weight is 308 g/mol. The van der Waals surface area contributed by atoms with Crippen LogP contribution in [0.4, 0.5) is 8.78 Å². The summed E-state index contributed by atoms with van der Waals surface area (Å²) in [4.78, 5) is 2.73. The van der Waals surface area contributed by atoms with Gasteiger partial charge in [0, 0.05) is 22.7 Å². The molecule has 4 nitrogen and oxygen atoms in total. The second-order valence-electron chi connectivity index (χ2n) is 4.58. The van der Waals surface area contributed by atoms with E-state index in [9.17, 15) is 17.2 Å². The number of hydrogen-bond donors (Lipinski definition) is 2. The highest BCUT2D eigenvalue weighted by Crippen LogP contribution is 2.29. The van der Waals surface area contributed by atoms with Crippen LogP contribution >= 0.6 is 0 Å². The second kappa shape index (κ2) is 4.64. The monoisotopic (exact) mass is 308 g/mol. The standard InChI is InChI=1S/C14H10F2N2O2S/c15-9-2-4-12(16)11(6-9)8-1-3-10-13(5-8)18-7-14(10)21(17,19)20/h1-7,18H,(H2,17,19,20). The van der Waals surface area contributed by atoms with E-state index in [4.69, 9.17) is 5.14 Å². The summed E-state index contributed by atoms with van der Waals surface area (Å²) in [6.07, 6.45) is 1.27. The van der Waals surface area contributed by atoms with E-state index in [1.807, 2.05) is 0 Å². The van der Waals surface area contributed by atoms with Crippen molar-refractivity contribution in [1.82, 2.24) is 4.98 Å². The molecule has 0 saturated carbocycles. The summed E-state index contributed by atoms with van der Waals surface area (Å²) in [6.45, 7) is 0. The summed E-state index contributed by atoms with van der Waals surface area (Å²) in [5.74, 6) is -1.11. The van der Waals surface area contributed by atoms with Gasteiger partial charge in [0.2, 0.25) is 10.0 Å². The van der Waals surface area contributed by atoms with E-state index in [2.05, 4.69) is 4.98 Å². The molecule has 3 rings (SSSR count). The molecule has 2 aromatic carbocycles. The first-order chi connectivity index (χ1) is 9.86. The number of hydrogen-bond acceptors (Lipinski definition) is 2. The first-order valence-electron chi connectivity index (χ1n) is 5.95. The Hall–Kier alpha value is -2.25. The van der Waals surface area contributed by atoms with Crippen molar-refractivity contribution in [3.63, 3.8) is 0 Å². The Morgan fingerprint density at radius 3 is 2.52 bits per heavy atom. The number of sulfonamides is 1. The molecule has 108 valence electrons. The number of primary sulfonamides is 1. The molecular weight excluding hydrogens is 298 g/mol. The molecule has 1 aromatic heterocycles. The van der Waals surface area contributed by atoms with Gasteiger partial charge in [-0.05, 0) is 29.8 Å². The van der Waals surface area contributed by atoms with E-state index in [-0.39, 0.29) is 10.5 Å². The lowest BCUT2D eigenvalue weighted by Gasteiger charge is -2.04. The molecular formula is C14H10F2N2O2S. The molecule has 0 aliphatic carbocycles. The smallest absolute Gasteiger partial charge is 0.240 e. The lowest BCUT2D eigenvalue weighted by molar-refractivity contribution is 0.598. The SMILES string of the molecule is NS(=O)(=O)c1c[nH]c2cc(-c3cc(F)ccc3F)ccc12. The zero-order chi connectivity index (χ0) is 15.2. The molecule has 0 unspecified atom stereocenters. The van der Waals surface area contributed by atoms with Gasteiger partial charge in [-0.3, -0.25) is 0 Å².